The second-order valence-corrected chi connectivity index (χ2v) is 4.59. The van der Waals surface area contributed by atoms with Crippen LogP contribution in [0.5, 0.6) is 0 Å². The first-order valence-electron chi connectivity index (χ1n) is 6.48. The summed E-state index contributed by atoms with van der Waals surface area (Å²) in [7, 11) is 0. The Hall–Kier alpha value is -1.88. The smallest absolute Gasteiger partial charge is 0.256 e. The van der Waals surface area contributed by atoms with Crippen LogP contribution in [0.15, 0.2) is 24.3 Å². The van der Waals surface area contributed by atoms with Crippen molar-refractivity contribution in [2.75, 3.05) is 13.2 Å². The number of amides is 2. The summed E-state index contributed by atoms with van der Waals surface area (Å²) in [5.74, 6) is -1.04. The van der Waals surface area contributed by atoms with Crippen LogP contribution in [-0.2, 0) is 9.63 Å². The molecule has 1 heterocycles. The fraction of sp³-hybridized carbons (Fsp3) is 0.429. The lowest BCUT2D eigenvalue weighted by Crippen LogP contribution is -2.27. The molecule has 1 aromatic rings. The molecule has 1 fully saturated rings. The van der Waals surface area contributed by atoms with Crippen LogP contribution in [-0.4, -0.2) is 30.0 Å². The van der Waals surface area contributed by atoms with Crippen LogP contribution in [0.3, 0.4) is 0 Å². The average Bonchev–Trinajstić information content (AvgIpc) is 2.77. The summed E-state index contributed by atoms with van der Waals surface area (Å²) >= 11 is 0. The number of unbranched alkanes of at least 4 members (excludes halogenated alkanes) is 1. The van der Waals surface area contributed by atoms with Crippen LogP contribution in [0.2, 0.25) is 0 Å². The summed E-state index contributed by atoms with van der Waals surface area (Å²) in [6, 6.07) is 6.93. The minimum Gasteiger partial charge on any atom is -0.366 e. The Bertz CT molecular complexity index is 487. The van der Waals surface area contributed by atoms with E-state index in [1.54, 1.807) is 24.3 Å². The molecule has 1 aliphatic rings. The number of primary amides is 1. The van der Waals surface area contributed by atoms with Gasteiger partial charge in [0.2, 0.25) is 5.91 Å². The molecule has 19 heavy (non-hydrogen) atoms. The zero-order valence-corrected chi connectivity index (χ0v) is 11.0. The Balaban J connectivity index is 2.20. The van der Waals surface area contributed by atoms with Gasteiger partial charge in [-0.25, -0.2) is 5.06 Å². The Morgan fingerprint density at radius 2 is 2.21 bits per heavy atom. The lowest BCUT2D eigenvalue weighted by molar-refractivity contribution is -0.161. The molecule has 0 saturated carbocycles. The highest BCUT2D eigenvalue weighted by Crippen LogP contribution is 2.28. The molecule has 102 valence electrons. The van der Waals surface area contributed by atoms with Gasteiger partial charge in [0.25, 0.3) is 5.91 Å². The lowest BCUT2D eigenvalue weighted by Gasteiger charge is -2.14. The van der Waals surface area contributed by atoms with Crippen LogP contribution in [0.25, 0.3) is 0 Å². The predicted molar refractivity (Wildman–Crippen MR) is 70.3 cm³/mol. The lowest BCUT2D eigenvalue weighted by atomic mass is 9.94. The second kappa shape index (κ2) is 5.84. The highest BCUT2D eigenvalue weighted by atomic mass is 16.7. The molecule has 2 rings (SSSR count). The third-order valence-electron chi connectivity index (χ3n) is 3.26. The van der Waals surface area contributed by atoms with Gasteiger partial charge in [-0.3, -0.25) is 14.4 Å². The van der Waals surface area contributed by atoms with Gasteiger partial charge in [-0.2, -0.15) is 0 Å². The van der Waals surface area contributed by atoms with Crippen LogP contribution in [0.1, 0.15) is 41.6 Å². The van der Waals surface area contributed by atoms with Crippen LogP contribution in [0, 0.1) is 0 Å². The largest absolute Gasteiger partial charge is 0.366 e. The van der Waals surface area contributed by atoms with Gasteiger partial charge in [0.05, 0.1) is 12.5 Å². The maximum Gasteiger partial charge on any atom is 0.256 e. The standard InChI is InChI=1S/C14H18N2O3/c1-2-3-8-16-14(18)12(9-19-16)10-6-4-5-7-11(10)13(15)17/h4-7,12H,2-3,8-9H2,1H3,(H2,15,17)/t12-/m0/s1. The quantitative estimate of drug-likeness (QED) is 0.872. The Morgan fingerprint density at radius 3 is 2.89 bits per heavy atom. The molecule has 0 aliphatic carbocycles. The molecule has 1 saturated heterocycles. The van der Waals surface area contributed by atoms with Crippen molar-refractivity contribution in [2.45, 2.75) is 25.7 Å². The van der Waals surface area contributed by atoms with Gasteiger partial charge in [0.15, 0.2) is 0 Å². The Labute approximate surface area is 112 Å². The summed E-state index contributed by atoms with van der Waals surface area (Å²) in [6.45, 7) is 2.91. The zero-order valence-electron chi connectivity index (χ0n) is 11.0. The van der Waals surface area contributed by atoms with Crippen LogP contribution >= 0.6 is 0 Å². The van der Waals surface area contributed by atoms with Gasteiger partial charge in [-0.1, -0.05) is 31.5 Å². The number of carbonyl (C=O) groups excluding carboxylic acids is 2. The van der Waals surface area contributed by atoms with E-state index in [-0.39, 0.29) is 12.5 Å². The number of hydrogen-bond donors (Lipinski definition) is 1. The molecule has 0 unspecified atom stereocenters. The fourth-order valence-corrected chi connectivity index (χ4v) is 2.20. The molecule has 1 aromatic carbocycles. The van der Waals surface area contributed by atoms with Crippen molar-refractivity contribution < 1.29 is 14.4 Å². The van der Waals surface area contributed by atoms with Crippen molar-refractivity contribution in [3.63, 3.8) is 0 Å². The minimum atomic E-state index is -0.518. The molecular weight excluding hydrogens is 244 g/mol. The van der Waals surface area contributed by atoms with Gasteiger partial charge < -0.3 is 5.73 Å². The Morgan fingerprint density at radius 1 is 1.47 bits per heavy atom. The van der Waals surface area contributed by atoms with Gasteiger partial charge in [-0.15, -0.1) is 0 Å². The molecule has 5 nitrogen and oxygen atoms in total. The van der Waals surface area contributed by atoms with E-state index in [0.717, 1.165) is 12.8 Å². The summed E-state index contributed by atoms with van der Waals surface area (Å²) in [4.78, 5) is 29.0. The number of rotatable bonds is 5. The average molecular weight is 262 g/mol. The first-order valence-corrected chi connectivity index (χ1v) is 6.48. The number of nitrogens with zero attached hydrogens (tertiary/aromatic N) is 1. The summed E-state index contributed by atoms with van der Waals surface area (Å²) in [5.41, 5.74) is 6.38. The van der Waals surface area contributed by atoms with Crippen LogP contribution < -0.4 is 5.73 Å². The Kier molecular flexibility index (Phi) is 4.16. The molecule has 2 amide bonds. The fourth-order valence-electron chi connectivity index (χ4n) is 2.20. The van der Waals surface area contributed by atoms with Crippen LogP contribution in [0.4, 0.5) is 0 Å². The molecule has 1 atom stereocenters. The summed E-state index contributed by atoms with van der Waals surface area (Å²) in [5, 5.41) is 1.39. The number of hydrogen-bond acceptors (Lipinski definition) is 3. The molecule has 0 radical (unpaired) electrons. The van der Waals surface area contributed by atoms with Crippen molar-refractivity contribution in [1.29, 1.82) is 0 Å². The molecular formula is C14H18N2O3. The first kappa shape index (κ1) is 13.5. The maximum absolute atomic E-state index is 12.2. The SMILES string of the molecule is CCCCN1OC[C@@H](c2ccccc2C(N)=O)C1=O. The van der Waals surface area contributed by atoms with Gasteiger partial charge in [0.1, 0.15) is 0 Å². The molecule has 5 heteroatoms. The maximum atomic E-state index is 12.2. The van der Waals surface area contributed by atoms with E-state index >= 15 is 0 Å². The van der Waals surface area contributed by atoms with E-state index in [0.29, 0.717) is 17.7 Å². The molecule has 1 aliphatic heterocycles. The van der Waals surface area contributed by atoms with Crippen molar-refractivity contribution in [1.82, 2.24) is 5.06 Å². The number of carbonyl (C=O) groups is 2. The van der Waals surface area contributed by atoms with Crippen molar-refractivity contribution in [3.05, 3.63) is 35.4 Å². The van der Waals surface area contributed by atoms with Crippen molar-refractivity contribution in [3.8, 4) is 0 Å². The minimum absolute atomic E-state index is 0.0952. The van der Waals surface area contributed by atoms with Crippen molar-refractivity contribution in [2.24, 2.45) is 5.73 Å². The van der Waals surface area contributed by atoms with Gasteiger partial charge in [0, 0.05) is 12.1 Å². The van der Waals surface area contributed by atoms with E-state index in [9.17, 15) is 9.59 Å². The first-order chi connectivity index (χ1) is 9.15. The third-order valence-corrected chi connectivity index (χ3v) is 3.26. The number of benzene rings is 1. The van der Waals surface area contributed by atoms with E-state index in [1.165, 1.54) is 5.06 Å². The zero-order chi connectivity index (χ0) is 13.8. The van der Waals surface area contributed by atoms with E-state index in [2.05, 4.69) is 6.92 Å². The van der Waals surface area contributed by atoms with Gasteiger partial charge in [-0.05, 0) is 18.1 Å². The molecule has 0 aromatic heterocycles. The molecule has 2 N–H and O–H groups in total. The molecule has 0 bridgehead atoms. The van der Waals surface area contributed by atoms with Crippen molar-refractivity contribution >= 4 is 11.8 Å². The topological polar surface area (TPSA) is 72.6 Å². The number of nitrogens with two attached hydrogens (primary N) is 1. The van der Waals surface area contributed by atoms with E-state index in [4.69, 9.17) is 10.6 Å². The molecule has 0 spiro atoms. The summed E-state index contributed by atoms with van der Waals surface area (Å²) < 4.78 is 0. The van der Waals surface area contributed by atoms with Gasteiger partial charge >= 0.3 is 0 Å². The van der Waals surface area contributed by atoms with E-state index in [1.807, 2.05) is 0 Å². The second-order valence-electron chi connectivity index (χ2n) is 4.59. The third kappa shape index (κ3) is 2.76. The highest BCUT2D eigenvalue weighted by Gasteiger charge is 2.35. The normalized spacial score (nSPS) is 18.9. The summed E-state index contributed by atoms with van der Waals surface area (Å²) in [6.07, 6.45) is 1.89. The predicted octanol–water partition coefficient (Wildman–Crippen LogP) is 1.44. The highest BCUT2D eigenvalue weighted by molar-refractivity contribution is 5.97. The number of hydroxylamine groups is 2. The van der Waals surface area contributed by atoms with E-state index < -0.39 is 11.8 Å². The monoisotopic (exact) mass is 262 g/mol.